The molecule has 6 nitrogen and oxygen atoms in total. The van der Waals surface area contributed by atoms with Gasteiger partial charge in [0.1, 0.15) is 22.6 Å². The van der Waals surface area contributed by atoms with E-state index in [2.05, 4.69) is 10.6 Å². The molecule has 0 aliphatic heterocycles. The van der Waals surface area contributed by atoms with Crippen LogP contribution in [0.2, 0.25) is 0 Å². The molecule has 5 aromatic rings. The van der Waals surface area contributed by atoms with Crippen molar-refractivity contribution in [3.63, 3.8) is 0 Å². The predicted octanol–water partition coefficient (Wildman–Crippen LogP) is 5.90. The molecule has 0 spiro atoms. The van der Waals surface area contributed by atoms with Gasteiger partial charge in [-0.05, 0) is 49.4 Å². The van der Waals surface area contributed by atoms with E-state index in [1.54, 1.807) is 42.5 Å². The highest BCUT2D eigenvalue weighted by molar-refractivity contribution is 6.12. The van der Waals surface area contributed by atoms with Crippen LogP contribution in [0.4, 0.5) is 5.69 Å². The number of fused-ring (bicyclic) bond motifs is 3. The first-order valence-electron chi connectivity index (χ1n) is 10.4. The molecule has 0 saturated carbocycles. The van der Waals surface area contributed by atoms with Gasteiger partial charge in [-0.15, -0.1) is 0 Å². The number of carbonyl (C=O) groups excluding carboxylic acids is 2. The van der Waals surface area contributed by atoms with Gasteiger partial charge in [-0.1, -0.05) is 35.9 Å². The Bertz CT molecular complexity index is 1510. The molecule has 3 aromatic carbocycles. The number of para-hydroxylation sites is 1. The minimum atomic E-state index is -0.483. The van der Waals surface area contributed by atoms with Crippen LogP contribution in [0.15, 0.2) is 99.7 Å². The third-order valence-corrected chi connectivity index (χ3v) is 5.24. The Labute approximate surface area is 189 Å². The summed E-state index contributed by atoms with van der Waals surface area (Å²) in [5, 5.41) is 7.51. The number of carbonyl (C=O) groups is 2. The van der Waals surface area contributed by atoms with Gasteiger partial charge >= 0.3 is 0 Å². The standard InChI is InChI=1S/C27H20N2O4/c1-17-6-4-7-18(14-17)26(30)29-23(16-20-8-5-13-32-20)27(31)28-19-11-12-22-21-9-2-3-10-24(21)33-25(22)15-19/h2-16H,1H3,(H,28,31)(H,29,30)/b23-16-. The highest BCUT2D eigenvalue weighted by atomic mass is 16.3. The molecule has 0 unspecified atom stereocenters. The third kappa shape index (κ3) is 4.27. The molecule has 0 aliphatic rings. The molecule has 2 N–H and O–H groups in total. The van der Waals surface area contributed by atoms with Crippen LogP contribution in [-0.2, 0) is 4.79 Å². The van der Waals surface area contributed by atoms with Crippen molar-refractivity contribution in [3.8, 4) is 0 Å². The SMILES string of the molecule is Cc1cccc(C(=O)N/C(=C\c2ccco2)C(=O)Nc2ccc3c(c2)oc2ccccc23)c1. The summed E-state index contributed by atoms with van der Waals surface area (Å²) in [7, 11) is 0. The van der Waals surface area contributed by atoms with Gasteiger partial charge in [0, 0.05) is 34.2 Å². The zero-order valence-corrected chi connectivity index (χ0v) is 17.8. The lowest BCUT2D eigenvalue weighted by molar-refractivity contribution is -0.113. The van der Waals surface area contributed by atoms with Crippen molar-refractivity contribution in [2.24, 2.45) is 0 Å². The topological polar surface area (TPSA) is 84.5 Å². The van der Waals surface area contributed by atoms with Gasteiger partial charge in [-0.2, -0.15) is 0 Å². The fraction of sp³-hybridized carbons (Fsp3) is 0.0370. The van der Waals surface area contributed by atoms with Crippen LogP contribution >= 0.6 is 0 Å². The Morgan fingerprint density at radius 2 is 1.70 bits per heavy atom. The number of rotatable bonds is 5. The van der Waals surface area contributed by atoms with Crippen molar-refractivity contribution < 1.29 is 18.4 Å². The number of benzene rings is 3. The van der Waals surface area contributed by atoms with E-state index < -0.39 is 5.91 Å². The summed E-state index contributed by atoms with van der Waals surface area (Å²) in [6.45, 7) is 1.90. The fourth-order valence-corrected chi connectivity index (χ4v) is 3.66. The molecule has 0 saturated heterocycles. The molecule has 2 amide bonds. The number of anilines is 1. The summed E-state index contributed by atoms with van der Waals surface area (Å²) >= 11 is 0. The van der Waals surface area contributed by atoms with Gasteiger partial charge in [0.05, 0.1) is 6.26 Å². The molecule has 33 heavy (non-hydrogen) atoms. The van der Waals surface area contributed by atoms with Gasteiger partial charge in [-0.25, -0.2) is 0 Å². The number of hydrogen-bond donors (Lipinski definition) is 2. The Kier molecular flexibility index (Phi) is 5.24. The molecule has 0 aliphatic carbocycles. The van der Waals surface area contributed by atoms with Crippen molar-refractivity contribution in [1.29, 1.82) is 0 Å². The summed E-state index contributed by atoms with van der Waals surface area (Å²) in [5.74, 6) is -0.431. The molecule has 162 valence electrons. The zero-order chi connectivity index (χ0) is 22.8. The Morgan fingerprint density at radius 1 is 0.848 bits per heavy atom. The van der Waals surface area contributed by atoms with Gasteiger partial charge < -0.3 is 19.5 Å². The maximum Gasteiger partial charge on any atom is 0.272 e. The van der Waals surface area contributed by atoms with Gasteiger partial charge in [-0.3, -0.25) is 9.59 Å². The lowest BCUT2D eigenvalue weighted by Gasteiger charge is -2.11. The highest BCUT2D eigenvalue weighted by Crippen LogP contribution is 2.30. The smallest absolute Gasteiger partial charge is 0.272 e. The van der Waals surface area contributed by atoms with E-state index >= 15 is 0 Å². The first-order chi connectivity index (χ1) is 16.1. The van der Waals surface area contributed by atoms with Crippen molar-refractivity contribution in [2.45, 2.75) is 6.92 Å². The van der Waals surface area contributed by atoms with Crippen LogP contribution in [0.1, 0.15) is 21.7 Å². The zero-order valence-electron chi connectivity index (χ0n) is 17.8. The van der Waals surface area contributed by atoms with E-state index in [1.807, 2.05) is 43.3 Å². The van der Waals surface area contributed by atoms with E-state index in [-0.39, 0.29) is 11.6 Å². The first-order valence-corrected chi connectivity index (χ1v) is 10.4. The van der Waals surface area contributed by atoms with Gasteiger partial charge in [0.2, 0.25) is 0 Å². The molecule has 0 atom stereocenters. The van der Waals surface area contributed by atoms with E-state index in [0.717, 1.165) is 21.9 Å². The van der Waals surface area contributed by atoms with Gasteiger partial charge in [0.25, 0.3) is 11.8 Å². The predicted molar refractivity (Wildman–Crippen MR) is 128 cm³/mol. The second-order valence-electron chi connectivity index (χ2n) is 7.66. The van der Waals surface area contributed by atoms with Crippen molar-refractivity contribution in [1.82, 2.24) is 5.32 Å². The summed E-state index contributed by atoms with van der Waals surface area (Å²) in [6.07, 6.45) is 2.99. The molecule has 0 fully saturated rings. The molecule has 2 aromatic heterocycles. The van der Waals surface area contributed by atoms with Gasteiger partial charge in [0.15, 0.2) is 0 Å². The average Bonchev–Trinajstić information content (AvgIpc) is 3.45. The van der Waals surface area contributed by atoms with Crippen LogP contribution in [0.25, 0.3) is 28.0 Å². The van der Waals surface area contributed by atoms with E-state index in [0.29, 0.717) is 22.6 Å². The summed E-state index contributed by atoms with van der Waals surface area (Å²) < 4.78 is 11.2. The second kappa shape index (κ2) is 8.51. The number of hydrogen-bond acceptors (Lipinski definition) is 4. The van der Waals surface area contributed by atoms with E-state index in [1.165, 1.54) is 12.3 Å². The average molecular weight is 436 g/mol. The normalized spacial score (nSPS) is 11.6. The summed E-state index contributed by atoms with van der Waals surface area (Å²) in [6, 6.07) is 23.8. The Balaban J connectivity index is 1.43. The lowest BCUT2D eigenvalue weighted by atomic mass is 10.1. The van der Waals surface area contributed by atoms with Crippen molar-refractivity contribution >= 4 is 45.5 Å². The van der Waals surface area contributed by atoms with E-state index in [9.17, 15) is 9.59 Å². The largest absolute Gasteiger partial charge is 0.465 e. The highest BCUT2D eigenvalue weighted by Gasteiger charge is 2.17. The lowest BCUT2D eigenvalue weighted by Crippen LogP contribution is -2.30. The number of furan rings is 2. The maximum absolute atomic E-state index is 13.1. The summed E-state index contributed by atoms with van der Waals surface area (Å²) in [5.41, 5.74) is 3.44. The Morgan fingerprint density at radius 3 is 2.52 bits per heavy atom. The maximum atomic E-state index is 13.1. The molecule has 5 rings (SSSR count). The third-order valence-electron chi connectivity index (χ3n) is 5.24. The quantitative estimate of drug-likeness (QED) is 0.336. The summed E-state index contributed by atoms with van der Waals surface area (Å²) in [4.78, 5) is 25.9. The second-order valence-corrected chi connectivity index (χ2v) is 7.66. The Hall–Kier alpha value is -4.58. The van der Waals surface area contributed by atoms with Crippen molar-refractivity contribution in [3.05, 3.63) is 108 Å². The molecular formula is C27H20N2O4. The van der Waals surface area contributed by atoms with Crippen LogP contribution in [0.5, 0.6) is 0 Å². The first kappa shape index (κ1) is 20.3. The van der Waals surface area contributed by atoms with E-state index in [4.69, 9.17) is 8.83 Å². The fourth-order valence-electron chi connectivity index (χ4n) is 3.66. The molecule has 2 heterocycles. The monoisotopic (exact) mass is 436 g/mol. The number of nitrogens with one attached hydrogen (secondary N) is 2. The molecule has 0 radical (unpaired) electrons. The van der Waals surface area contributed by atoms with Crippen molar-refractivity contribution in [2.75, 3.05) is 5.32 Å². The minimum absolute atomic E-state index is 0.0566. The van der Waals surface area contributed by atoms with Crippen LogP contribution < -0.4 is 10.6 Å². The van der Waals surface area contributed by atoms with Crippen LogP contribution in [-0.4, -0.2) is 11.8 Å². The number of amides is 2. The van der Waals surface area contributed by atoms with Crippen LogP contribution in [0, 0.1) is 6.92 Å². The molecule has 0 bridgehead atoms. The number of aryl methyl sites for hydroxylation is 1. The van der Waals surface area contributed by atoms with Crippen LogP contribution in [0.3, 0.4) is 0 Å². The molecular weight excluding hydrogens is 416 g/mol. The minimum Gasteiger partial charge on any atom is -0.465 e. The molecule has 6 heteroatoms.